The lowest BCUT2D eigenvalue weighted by atomic mass is 9.89. The second kappa shape index (κ2) is 5.28. The van der Waals surface area contributed by atoms with Crippen molar-refractivity contribution in [2.24, 2.45) is 5.41 Å². The Hall–Kier alpha value is -1.07. The highest BCUT2D eigenvalue weighted by molar-refractivity contribution is 7.89. The van der Waals surface area contributed by atoms with Crippen molar-refractivity contribution in [1.29, 1.82) is 0 Å². The molecule has 0 aliphatic rings. The molecule has 0 bridgehead atoms. The van der Waals surface area contributed by atoms with E-state index in [0.29, 0.717) is 5.75 Å². The van der Waals surface area contributed by atoms with Gasteiger partial charge in [-0.3, -0.25) is 0 Å². The molecule has 0 fully saturated rings. The number of nitrogens with one attached hydrogen (secondary N) is 1. The molecule has 0 spiro atoms. The minimum Gasteiger partial charge on any atom is -0.497 e. The third-order valence-corrected chi connectivity index (χ3v) is 4.56. The Morgan fingerprint density at radius 3 is 2.06 bits per heavy atom. The van der Waals surface area contributed by atoms with Crippen LogP contribution >= 0.6 is 0 Å². The first-order valence-corrected chi connectivity index (χ1v) is 7.31. The summed E-state index contributed by atoms with van der Waals surface area (Å²) in [7, 11) is -1.93. The number of benzene rings is 1. The lowest BCUT2D eigenvalue weighted by Crippen LogP contribution is -2.41. The fourth-order valence-corrected chi connectivity index (χ4v) is 2.68. The van der Waals surface area contributed by atoms with Crippen LogP contribution < -0.4 is 9.46 Å². The minimum absolute atomic E-state index is 0.125. The summed E-state index contributed by atoms with van der Waals surface area (Å²) < 4.78 is 32.0. The molecule has 1 rings (SSSR count). The maximum absolute atomic E-state index is 12.1. The Labute approximate surface area is 109 Å². The van der Waals surface area contributed by atoms with Gasteiger partial charge in [0, 0.05) is 6.04 Å². The standard InChI is InChI=1S/C13H21NO3S/c1-10(13(2,3)4)14-18(15,16)12-8-6-11(17-5)7-9-12/h6-10,14H,1-5H3. The summed E-state index contributed by atoms with van der Waals surface area (Å²) in [5.74, 6) is 0.637. The lowest BCUT2D eigenvalue weighted by Gasteiger charge is -2.27. The predicted molar refractivity (Wildman–Crippen MR) is 72.2 cm³/mol. The summed E-state index contributed by atoms with van der Waals surface area (Å²) in [4.78, 5) is 0.249. The van der Waals surface area contributed by atoms with Crippen LogP contribution in [0.2, 0.25) is 0 Å². The number of hydrogen-bond donors (Lipinski definition) is 1. The van der Waals surface area contributed by atoms with Crippen molar-refractivity contribution in [1.82, 2.24) is 4.72 Å². The Balaban J connectivity index is 2.93. The summed E-state index contributed by atoms with van der Waals surface area (Å²) in [5.41, 5.74) is -0.125. The van der Waals surface area contributed by atoms with E-state index in [1.165, 1.54) is 12.1 Å². The predicted octanol–water partition coefficient (Wildman–Crippen LogP) is 2.41. The van der Waals surface area contributed by atoms with Crippen LogP contribution in [0.15, 0.2) is 29.2 Å². The Morgan fingerprint density at radius 1 is 1.17 bits per heavy atom. The van der Waals surface area contributed by atoms with Crippen LogP contribution in [0.1, 0.15) is 27.7 Å². The van der Waals surface area contributed by atoms with Crippen LogP contribution in [0, 0.1) is 5.41 Å². The summed E-state index contributed by atoms with van der Waals surface area (Å²) in [6.07, 6.45) is 0. The number of hydrogen-bond acceptors (Lipinski definition) is 3. The molecule has 1 atom stereocenters. The summed E-state index contributed by atoms with van der Waals surface area (Å²) in [6, 6.07) is 6.20. The first kappa shape index (κ1) is 15.0. The van der Waals surface area contributed by atoms with Crippen molar-refractivity contribution >= 4 is 10.0 Å². The van der Waals surface area contributed by atoms with E-state index >= 15 is 0 Å². The van der Waals surface area contributed by atoms with Gasteiger partial charge in [0.2, 0.25) is 10.0 Å². The maximum atomic E-state index is 12.1. The quantitative estimate of drug-likeness (QED) is 0.915. The van der Waals surface area contributed by atoms with Gasteiger partial charge in [-0.05, 0) is 36.6 Å². The average molecular weight is 271 g/mol. The van der Waals surface area contributed by atoms with Crippen molar-refractivity contribution < 1.29 is 13.2 Å². The highest BCUT2D eigenvalue weighted by Crippen LogP contribution is 2.21. The van der Waals surface area contributed by atoms with E-state index in [1.54, 1.807) is 19.2 Å². The van der Waals surface area contributed by atoms with Crippen molar-refractivity contribution in [3.63, 3.8) is 0 Å². The third-order valence-electron chi connectivity index (χ3n) is 3.00. The summed E-state index contributed by atoms with van der Waals surface area (Å²) >= 11 is 0. The normalized spacial score (nSPS) is 14.3. The molecule has 0 amide bonds. The van der Waals surface area contributed by atoms with Gasteiger partial charge in [0.05, 0.1) is 12.0 Å². The monoisotopic (exact) mass is 271 g/mol. The molecule has 5 heteroatoms. The molecule has 0 aliphatic heterocycles. The first-order chi connectivity index (χ1) is 8.16. The smallest absolute Gasteiger partial charge is 0.240 e. The van der Waals surface area contributed by atoms with E-state index in [2.05, 4.69) is 4.72 Å². The van der Waals surface area contributed by atoms with E-state index < -0.39 is 10.0 Å². The van der Waals surface area contributed by atoms with Gasteiger partial charge in [-0.15, -0.1) is 0 Å². The third kappa shape index (κ3) is 3.71. The van der Waals surface area contributed by atoms with Crippen molar-refractivity contribution in [3.05, 3.63) is 24.3 Å². The second-order valence-electron chi connectivity index (χ2n) is 5.38. The van der Waals surface area contributed by atoms with E-state index in [1.807, 2.05) is 27.7 Å². The zero-order valence-electron chi connectivity index (χ0n) is 11.5. The van der Waals surface area contributed by atoms with Gasteiger partial charge in [-0.2, -0.15) is 0 Å². The lowest BCUT2D eigenvalue weighted by molar-refractivity contribution is 0.317. The van der Waals surface area contributed by atoms with E-state index in [4.69, 9.17) is 4.74 Å². The van der Waals surface area contributed by atoms with Crippen LogP contribution in [0.25, 0.3) is 0 Å². The molecule has 102 valence electrons. The highest BCUT2D eigenvalue weighted by atomic mass is 32.2. The van der Waals surface area contributed by atoms with E-state index in [0.717, 1.165) is 0 Å². The second-order valence-corrected chi connectivity index (χ2v) is 7.10. The Bertz CT molecular complexity index is 486. The number of rotatable bonds is 4. The van der Waals surface area contributed by atoms with Gasteiger partial charge < -0.3 is 4.74 Å². The summed E-state index contributed by atoms with van der Waals surface area (Å²) in [5, 5.41) is 0. The molecule has 1 unspecified atom stereocenters. The van der Waals surface area contributed by atoms with Gasteiger partial charge in [-0.1, -0.05) is 20.8 Å². The Kier molecular flexibility index (Phi) is 4.40. The molecule has 0 heterocycles. The molecule has 0 saturated carbocycles. The number of methoxy groups -OCH3 is 1. The molecule has 0 radical (unpaired) electrons. The van der Waals surface area contributed by atoms with Crippen LogP contribution in [-0.2, 0) is 10.0 Å². The van der Waals surface area contributed by atoms with Gasteiger partial charge in [0.25, 0.3) is 0 Å². The van der Waals surface area contributed by atoms with Crippen molar-refractivity contribution in [2.45, 2.75) is 38.6 Å². The Morgan fingerprint density at radius 2 is 1.67 bits per heavy atom. The molecular weight excluding hydrogens is 250 g/mol. The molecule has 18 heavy (non-hydrogen) atoms. The van der Waals surface area contributed by atoms with E-state index in [-0.39, 0.29) is 16.4 Å². The van der Waals surface area contributed by atoms with Gasteiger partial charge in [-0.25, -0.2) is 13.1 Å². The molecule has 0 saturated heterocycles. The zero-order valence-corrected chi connectivity index (χ0v) is 12.3. The van der Waals surface area contributed by atoms with Crippen LogP contribution in [-0.4, -0.2) is 21.6 Å². The van der Waals surface area contributed by atoms with Crippen LogP contribution in [0.5, 0.6) is 5.75 Å². The largest absolute Gasteiger partial charge is 0.497 e. The van der Waals surface area contributed by atoms with Gasteiger partial charge >= 0.3 is 0 Å². The highest BCUT2D eigenvalue weighted by Gasteiger charge is 2.25. The molecule has 1 aromatic carbocycles. The SMILES string of the molecule is COc1ccc(S(=O)(=O)NC(C)C(C)(C)C)cc1. The van der Waals surface area contributed by atoms with Crippen LogP contribution in [0.3, 0.4) is 0 Å². The molecule has 1 aromatic rings. The number of ether oxygens (including phenoxy) is 1. The number of sulfonamides is 1. The minimum atomic E-state index is -3.47. The zero-order chi connectivity index (χ0) is 14.0. The fourth-order valence-electron chi connectivity index (χ4n) is 1.23. The maximum Gasteiger partial charge on any atom is 0.240 e. The summed E-state index contributed by atoms with van der Waals surface area (Å²) in [6.45, 7) is 7.84. The van der Waals surface area contributed by atoms with Crippen molar-refractivity contribution in [2.75, 3.05) is 7.11 Å². The molecular formula is C13H21NO3S. The van der Waals surface area contributed by atoms with E-state index in [9.17, 15) is 8.42 Å². The molecule has 0 aromatic heterocycles. The van der Waals surface area contributed by atoms with Gasteiger partial charge in [0.1, 0.15) is 5.75 Å². The first-order valence-electron chi connectivity index (χ1n) is 5.83. The fraction of sp³-hybridized carbons (Fsp3) is 0.538. The van der Waals surface area contributed by atoms with Crippen molar-refractivity contribution in [3.8, 4) is 5.75 Å². The average Bonchev–Trinajstić information content (AvgIpc) is 2.27. The molecule has 4 nitrogen and oxygen atoms in total. The van der Waals surface area contributed by atoms with Crippen LogP contribution in [0.4, 0.5) is 0 Å². The van der Waals surface area contributed by atoms with Gasteiger partial charge in [0.15, 0.2) is 0 Å². The molecule has 0 aliphatic carbocycles. The molecule has 1 N–H and O–H groups in total. The topological polar surface area (TPSA) is 55.4 Å².